The lowest BCUT2D eigenvalue weighted by Gasteiger charge is -2.04. The van der Waals surface area contributed by atoms with Gasteiger partial charge in [0, 0.05) is 10.7 Å². The van der Waals surface area contributed by atoms with E-state index in [-0.39, 0.29) is 0 Å². The fraction of sp³-hybridized carbons (Fsp3) is 0.143. The van der Waals surface area contributed by atoms with Crippen molar-refractivity contribution < 1.29 is 21.6 Å². The molecular weight excluding hydrogens is 269 g/mol. The number of pyridine rings is 1. The number of halogens is 4. The fourth-order valence-corrected chi connectivity index (χ4v) is 1.81. The van der Waals surface area contributed by atoms with Gasteiger partial charge >= 0.3 is 0 Å². The van der Waals surface area contributed by atoms with Gasteiger partial charge < -0.3 is 0 Å². The van der Waals surface area contributed by atoms with Gasteiger partial charge in [-0.2, -0.15) is 5.26 Å². The van der Waals surface area contributed by atoms with Gasteiger partial charge in [-0.1, -0.05) is 0 Å². The predicted molar refractivity (Wildman–Crippen MR) is 46.9 cm³/mol. The molecule has 9 heteroatoms. The third kappa shape index (κ3) is 2.43. The molecule has 0 amide bonds. The van der Waals surface area contributed by atoms with Gasteiger partial charge in [-0.05, 0) is 6.07 Å². The van der Waals surface area contributed by atoms with E-state index in [0.717, 1.165) is 0 Å². The third-order valence-electron chi connectivity index (χ3n) is 1.53. The highest BCUT2D eigenvalue weighted by Gasteiger charge is 2.26. The molecule has 0 aliphatic carbocycles. The first-order chi connectivity index (χ1) is 7.27. The van der Waals surface area contributed by atoms with Gasteiger partial charge in [0.25, 0.3) is 15.5 Å². The van der Waals surface area contributed by atoms with E-state index in [1.807, 2.05) is 0 Å². The predicted octanol–water partition coefficient (Wildman–Crippen LogP) is 1.96. The molecule has 1 heterocycles. The molecule has 0 aromatic carbocycles. The highest BCUT2D eigenvalue weighted by molar-refractivity contribution is 8.13. The topological polar surface area (TPSA) is 70.8 Å². The van der Waals surface area contributed by atoms with Crippen LogP contribution < -0.4 is 0 Å². The Labute approximate surface area is 92.7 Å². The largest absolute Gasteiger partial charge is 0.283 e. The van der Waals surface area contributed by atoms with Crippen LogP contribution in [0.3, 0.4) is 0 Å². The number of hydrogen-bond donors (Lipinski definition) is 0. The van der Waals surface area contributed by atoms with Crippen molar-refractivity contribution >= 4 is 19.7 Å². The zero-order valence-corrected chi connectivity index (χ0v) is 8.86. The van der Waals surface area contributed by atoms with Crippen LogP contribution in [-0.4, -0.2) is 13.4 Å². The number of nitrogens with zero attached hydrogens (tertiary/aromatic N) is 2. The summed E-state index contributed by atoms with van der Waals surface area (Å²) in [7, 11) is 0.270. The van der Waals surface area contributed by atoms with Crippen LogP contribution in [0.5, 0.6) is 0 Å². The highest BCUT2D eigenvalue weighted by atomic mass is 35.7. The van der Waals surface area contributed by atoms with Gasteiger partial charge in [0.15, 0.2) is 5.82 Å². The third-order valence-corrected chi connectivity index (χ3v) is 2.85. The molecule has 0 N–H and O–H groups in total. The van der Waals surface area contributed by atoms with E-state index in [1.54, 1.807) is 0 Å². The SMILES string of the molecule is N#Cc1cc(S(=O)(=O)Cl)c(F)c(C(F)F)n1. The van der Waals surface area contributed by atoms with Crippen LogP contribution in [0.15, 0.2) is 11.0 Å². The maximum Gasteiger partial charge on any atom is 0.283 e. The van der Waals surface area contributed by atoms with Crippen molar-refractivity contribution in [3.05, 3.63) is 23.3 Å². The first-order valence-corrected chi connectivity index (χ1v) is 5.91. The average molecular weight is 271 g/mol. The summed E-state index contributed by atoms with van der Waals surface area (Å²) in [5.41, 5.74) is -2.07. The fourth-order valence-electron chi connectivity index (χ4n) is 0.904. The average Bonchev–Trinajstić information content (AvgIpc) is 2.15. The smallest absolute Gasteiger partial charge is 0.233 e. The van der Waals surface area contributed by atoms with Gasteiger partial charge in [-0.25, -0.2) is 26.6 Å². The number of alkyl halides is 2. The monoisotopic (exact) mass is 270 g/mol. The zero-order valence-electron chi connectivity index (χ0n) is 7.29. The van der Waals surface area contributed by atoms with Gasteiger partial charge in [0.2, 0.25) is 0 Å². The Morgan fingerprint density at radius 1 is 1.50 bits per heavy atom. The van der Waals surface area contributed by atoms with E-state index in [0.29, 0.717) is 6.07 Å². The van der Waals surface area contributed by atoms with Crippen molar-refractivity contribution in [3.8, 4) is 6.07 Å². The molecule has 1 rings (SSSR count). The normalized spacial score (nSPS) is 11.5. The molecule has 0 saturated heterocycles. The minimum Gasteiger partial charge on any atom is -0.233 e. The van der Waals surface area contributed by atoms with E-state index in [1.165, 1.54) is 6.07 Å². The van der Waals surface area contributed by atoms with Crippen LogP contribution in [0.4, 0.5) is 13.2 Å². The Hall–Kier alpha value is -1.33. The summed E-state index contributed by atoms with van der Waals surface area (Å²) in [4.78, 5) is 1.77. The first kappa shape index (κ1) is 12.7. The van der Waals surface area contributed by atoms with E-state index in [2.05, 4.69) is 4.98 Å². The summed E-state index contributed by atoms with van der Waals surface area (Å²) in [6, 6.07) is 1.82. The molecule has 0 atom stereocenters. The Kier molecular flexibility index (Phi) is 3.40. The molecule has 0 unspecified atom stereocenters. The molecule has 0 saturated carbocycles. The van der Waals surface area contributed by atoms with Crippen molar-refractivity contribution in [2.45, 2.75) is 11.3 Å². The molecular formula is C7H2ClF3N2O2S. The van der Waals surface area contributed by atoms with Crippen molar-refractivity contribution in [2.24, 2.45) is 0 Å². The van der Waals surface area contributed by atoms with E-state index < -0.39 is 37.6 Å². The van der Waals surface area contributed by atoms with Crippen molar-refractivity contribution in [2.75, 3.05) is 0 Å². The van der Waals surface area contributed by atoms with Gasteiger partial charge in [0.05, 0.1) is 0 Å². The Balaban J connectivity index is 3.65. The summed E-state index contributed by atoms with van der Waals surface area (Å²) >= 11 is 0. The lowest BCUT2D eigenvalue weighted by molar-refractivity contribution is 0.139. The molecule has 0 spiro atoms. The van der Waals surface area contributed by atoms with Gasteiger partial charge in [0.1, 0.15) is 22.4 Å². The molecule has 0 aliphatic heterocycles. The van der Waals surface area contributed by atoms with Crippen LogP contribution in [0.1, 0.15) is 17.8 Å². The summed E-state index contributed by atoms with van der Waals surface area (Å²) in [5, 5.41) is 8.41. The molecule has 1 aromatic heterocycles. The number of hydrogen-bond acceptors (Lipinski definition) is 4. The van der Waals surface area contributed by atoms with E-state index in [4.69, 9.17) is 15.9 Å². The van der Waals surface area contributed by atoms with Crippen LogP contribution in [-0.2, 0) is 9.05 Å². The standard InChI is InChI=1S/C7H2ClF3N2O2S/c8-16(14,15)4-1-3(2-12)13-6(5(4)9)7(10)11/h1,7H. The first-order valence-electron chi connectivity index (χ1n) is 3.60. The van der Waals surface area contributed by atoms with Gasteiger partial charge in [-0.3, -0.25) is 0 Å². The molecule has 0 bridgehead atoms. The maximum atomic E-state index is 13.2. The summed E-state index contributed by atoms with van der Waals surface area (Å²) in [6.07, 6.45) is -3.34. The zero-order chi connectivity index (χ0) is 12.5. The lowest BCUT2D eigenvalue weighted by Crippen LogP contribution is -2.05. The minimum absolute atomic E-state index is 0.490. The van der Waals surface area contributed by atoms with Crippen molar-refractivity contribution in [1.29, 1.82) is 5.26 Å². The van der Waals surface area contributed by atoms with Crippen LogP contribution >= 0.6 is 10.7 Å². The Morgan fingerprint density at radius 3 is 2.44 bits per heavy atom. The summed E-state index contributed by atoms with van der Waals surface area (Å²) in [6.45, 7) is 0. The number of rotatable bonds is 2. The number of nitriles is 1. The Morgan fingerprint density at radius 2 is 2.06 bits per heavy atom. The highest BCUT2D eigenvalue weighted by Crippen LogP contribution is 2.27. The quantitative estimate of drug-likeness (QED) is 0.770. The van der Waals surface area contributed by atoms with Gasteiger partial charge in [-0.15, -0.1) is 0 Å². The minimum atomic E-state index is -4.55. The van der Waals surface area contributed by atoms with Crippen LogP contribution in [0.25, 0.3) is 0 Å². The van der Waals surface area contributed by atoms with Crippen molar-refractivity contribution in [1.82, 2.24) is 4.98 Å². The second kappa shape index (κ2) is 4.27. The van der Waals surface area contributed by atoms with E-state index >= 15 is 0 Å². The molecule has 0 radical (unpaired) electrons. The number of aromatic nitrogens is 1. The second-order valence-electron chi connectivity index (χ2n) is 2.56. The molecule has 4 nitrogen and oxygen atoms in total. The van der Waals surface area contributed by atoms with E-state index in [9.17, 15) is 21.6 Å². The molecule has 1 aromatic rings. The van der Waals surface area contributed by atoms with Crippen LogP contribution in [0, 0.1) is 17.1 Å². The summed E-state index contributed by atoms with van der Waals surface area (Å²) in [5.74, 6) is -1.75. The maximum absolute atomic E-state index is 13.2. The molecule has 0 fully saturated rings. The van der Waals surface area contributed by atoms with Crippen LogP contribution in [0.2, 0.25) is 0 Å². The second-order valence-corrected chi connectivity index (χ2v) is 5.09. The Bertz CT molecular complexity index is 568. The van der Waals surface area contributed by atoms with Crippen molar-refractivity contribution in [3.63, 3.8) is 0 Å². The lowest BCUT2D eigenvalue weighted by atomic mass is 10.3. The molecule has 0 aliphatic rings. The molecule has 86 valence electrons. The summed E-state index contributed by atoms with van der Waals surface area (Å²) < 4.78 is 59.4. The molecule has 16 heavy (non-hydrogen) atoms.